The van der Waals surface area contributed by atoms with Crippen LogP contribution in [0.3, 0.4) is 0 Å². The topological polar surface area (TPSA) is 155 Å². The van der Waals surface area contributed by atoms with E-state index in [0.717, 1.165) is 18.5 Å². The molecule has 12 heteroatoms. The Kier molecular flexibility index (Phi) is 8.06. The lowest BCUT2D eigenvalue weighted by Crippen LogP contribution is -2.32. The molecule has 1 saturated carbocycles. The molecule has 1 fully saturated rings. The summed E-state index contributed by atoms with van der Waals surface area (Å²) in [4.78, 5) is 19.2. The number of hydrogen-bond acceptors (Lipinski definition) is 8. The van der Waals surface area contributed by atoms with Gasteiger partial charge in [0, 0.05) is 24.3 Å². The van der Waals surface area contributed by atoms with Gasteiger partial charge in [0.25, 0.3) is 0 Å². The average molecular weight is 504 g/mol. The highest BCUT2D eigenvalue weighted by Gasteiger charge is 2.19. The zero-order chi connectivity index (χ0) is 24.7. The molecule has 0 bridgehead atoms. The van der Waals surface area contributed by atoms with E-state index >= 15 is 0 Å². The van der Waals surface area contributed by atoms with E-state index in [2.05, 4.69) is 25.9 Å². The number of carbonyl (C=O) groups is 1. The van der Waals surface area contributed by atoms with Gasteiger partial charge in [-0.15, -0.1) is 0 Å². The number of amides is 2. The molecule has 0 aliphatic heterocycles. The van der Waals surface area contributed by atoms with Crippen LogP contribution in [-0.2, 0) is 14.9 Å². The van der Waals surface area contributed by atoms with Gasteiger partial charge in [0.2, 0.25) is 5.95 Å². The monoisotopic (exact) mass is 503 g/mol. The van der Waals surface area contributed by atoms with Crippen molar-refractivity contribution in [2.75, 3.05) is 37.0 Å². The number of aromatic nitrogens is 2. The van der Waals surface area contributed by atoms with Crippen LogP contribution in [0.1, 0.15) is 25.7 Å². The van der Waals surface area contributed by atoms with Crippen molar-refractivity contribution >= 4 is 38.8 Å². The first-order valence-corrected chi connectivity index (χ1v) is 12.9. The molecule has 5 N–H and O–H groups in total. The predicted octanol–water partition coefficient (Wildman–Crippen LogP) is 2.82. The molecule has 4 rings (SSSR count). The minimum Gasteiger partial charge on any atom is -0.394 e. The van der Waals surface area contributed by atoms with Gasteiger partial charge < -0.3 is 29.6 Å². The van der Waals surface area contributed by atoms with Gasteiger partial charge in [-0.25, -0.2) is 9.78 Å². The Morgan fingerprint density at radius 3 is 2.63 bits per heavy atom. The van der Waals surface area contributed by atoms with Gasteiger partial charge in [-0.3, -0.25) is 5.32 Å². The molecular weight excluding hydrogens is 474 g/mol. The third kappa shape index (κ3) is 6.84. The molecular formula is C23H29N5O6S. The second kappa shape index (κ2) is 11.4. The average Bonchev–Trinajstić information content (AvgIpc) is 3.48. The summed E-state index contributed by atoms with van der Waals surface area (Å²) < 4.78 is 35.9. The first-order valence-electron chi connectivity index (χ1n) is 11.5. The number of H-pyrrole nitrogens is 1. The van der Waals surface area contributed by atoms with E-state index in [0.29, 0.717) is 17.1 Å². The van der Waals surface area contributed by atoms with E-state index < -0.39 is 16.1 Å². The second-order valence-corrected chi connectivity index (χ2v) is 9.72. The number of aromatic amines is 1. The highest BCUT2D eigenvalue weighted by molar-refractivity contribution is 7.87. The first-order chi connectivity index (χ1) is 16.9. The van der Waals surface area contributed by atoms with Crippen LogP contribution in [0.5, 0.6) is 5.75 Å². The highest BCUT2D eigenvalue weighted by atomic mass is 32.2. The number of ether oxygens (including phenoxy) is 1. The van der Waals surface area contributed by atoms with E-state index in [1.165, 1.54) is 37.1 Å². The first kappa shape index (κ1) is 24.8. The number of rotatable bonds is 11. The summed E-state index contributed by atoms with van der Waals surface area (Å²) in [5.74, 6) is 0.311. The number of nitrogens with one attached hydrogen (secondary N) is 4. The van der Waals surface area contributed by atoms with Crippen LogP contribution in [0.15, 0.2) is 47.4 Å². The summed E-state index contributed by atoms with van der Waals surface area (Å²) in [5.41, 5.74) is 1.91. The number of imidazole rings is 1. The minimum atomic E-state index is -4.02. The zero-order valence-electron chi connectivity index (χ0n) is 19.1. The van der Waals surface area contributed by atoms with Gasteiger partial charge in [-0.1, -0.05) is 12.8 Å². The number of fused-ring (bicyclic) bond motifs is 1. The summed E-state index contributed by atoms with van der Waals surface area (Å²) in [6.07, 6.45) is 4.68. The van der Waals surface area contributed by atoms with Crippen LogP contribution in [-0.4, -0.2) is 61.9 Å². The summed E-state index contributed by atoms with van der Waals surface area (Å²) in [7, 11) is -4.02. The SMILES string of the molecule is O=C(NCCOCCO)Nc1nc2ccc(OS(=O)(=O)c3ccc(NC4CCCC4)cc3)cc2[nH]1. The van der Waals surface area contributed by atoms with E-state index in [9.17, 15) is 13.2 Å². The molecule has 1 aromatic heterocycles. The molecule has 0 unspecified atom stereocenters. The number of aliphatic hydroxyl groups excluding tert-OH is 1. The standard InChI is InChI=1S/C23H29N5O6S/c29-12-14-33-13-11-24-23(30)28-22-26-20-10-7-18(15-21(20)27-22)34-35(31,32)19-8-5-17(6-9-19)25-16-3-1-2-4-16/h5-10,15-16,25,29H,1-4,11-14H2,(H3,24,26,27,28,30). The maximum Gasteiger partial charge on any atom is 0.339 e. The number of aliphatic hydroxyl groups is 1. The number of urea groups is 1. The smallest absolute Gasteiger partial charge is 0.339 e. The summed E-state index contributed by atoms with van der Waals surface area (Å²) in [6, 6.07) is 11.1. The number of anilines is 2. The molecule has 2 aromatic carbocycles. The normalized spacial score (nSPS) is 14.2. The summed E-state index contributed by atoms with van der Waals surface area (Å²) >= 11 is 0. The second-order valence-electron chi connectivity index (χ2n) is 8.17. The van der Waals surface area contributed by atoms with Crippen molar-refractivity contribution in [1.29, 1.82) is 0 Å². The molecule has 1 heterocycles. The Morgan fingerprint density at radius 1 is 1.11 bits per heavy atom. The Morgan fingerprint density at radius 2 is 1.89 bits per heavy atom. The number of carbonyl (C=O) groups excluding carboxylic acids is 1. The quantitative estimate of drug-likeness (QED) is 0.198. The van der Waals surface area contributed by atoms with Gasteiger partial charge in [0.15, 0.2) is 0 Å². The van der Waals surface area contributed by atoms with Crippen molar-refractivity contribution in [2.45, 2.75) is 36.6 Å². The zero-order valence-corrected chi connectivity index (χ0v) is 19.9. The molecule has 11 nitrogen and oxygen atoms in total. The van der Waals surface area contributed by atoms with Crippen molar-refractivity contribution in [3.8, 4) is 5.75 Å². The predicted molar refractivity (Wildman–Crippen MR) is 131 cm³/mol. The van der Waals surface area contributed by atoms with Gasteiger partial charge in [0.05, 0.1) is 30.9 Å². The maximum atomic E-state index is 12.8. The van der Waals surface area contributed by atoms with Crippen LogP contribution in [0.4, 0.5) is 16.4 Å². The van der Waals surface area contributed by atoms with E-state index in [-0.39, 0.29) is 43.0 Å². The fraction of sp³-hybridized carbons (Fsp3) is 0.391. The van der Waals surface area contributed by atoms with Gasteiger partial charge in [-0.05, 0) is 49.2 Å². The van der Waals surface area contributed by atoms with Crippen molar-refractivity contribution < 1.29 is 27.2 Å². The Hall–Kier alpha value is -3.35. The lowest BCUT2D eigenvalue weighted by atomic mass is 10.2. The van der Waals surface area contributed by atoms with Crippen LogP contribution >= 0.6 is 0 Å². The van der Waals surface area contributed by atoms with Crippen LogP contribution < -0.4 is 20.1 Å². The molecule has 1 aliphatic rings. The van der Waals surface area contributed by atoms with Crippen molar-refractivity contribution in [1.82, 2.24) is 15.3 Å². The minimum absolute atomic E-state index is 0.0566. The lowest BCUT2D eigenvalue weighted by molar-refractivity contribution is 0.0950. The van der Waals surface area contributed by atoms with E-state index in [1.54, 1.807) is 18.2 Å². The fourth-order valence-electron chi connectivity index (χ4n) is 3.85. The van der Waals surface area contributed by atoms with Crippen LogP contribution in [0, 0.1) is 0 Å². The van der Waals surface area contributed by atoms with Crippen LogP contribution in [0.2, 0.25) is 0 Å². The van der Waals surface area contributed by atoms with E-state index in [4.69, 9.17) is 14.0 Å². The molecule has 0 radical (unpaired) electrons. The van der Waals surface area contributed by atoms with Gasteiger partial charge in [-0.2, -0.15) is 8.42 Å². The molecule has 35 heavy (non-hydrogen) atoms. The fourth-order valence-corrected chi connectivity index (χ4v) is 4.78. The number of benzene rings is 2. The summed E-state index contributed by atoms with van der Waals surface area (Å²) in [5, 5.41) is 17.2. The highest BCUT2D eigenvalue weighted by Crippen LogP contribution is 2.26. The maximum absolute atomic E-state index is 12.8. The lowest BCUT2D eigenvalue weighted by Gasteiger charge is -2.14. The van der Waals surface area contributed by atoms with Crippen molar-refractivity contribution in [3.05, 3.63) is 42.5 Å². The molecule has 1 aliphatic carbocycles. The molecule has 188 valence electrons. The Balaban J connectivity index is 1.35. The van der Waals surface area contributed by atoms with Crippen molar-refractivity contribution in [3.63, 3.8) is 0 Å². The largest absolute Gasteiger partial charge is 0.394 e. The third-order valence-electron chi connectivity index (χ3n) is 5.53. The molecule has 0 spiro atoms. The van der Waals surface area contributed by atoms with Crippen LogP contribution in [0.25, 0.3) is 11.0 Å². The molecule has 0 atom stereocenters. The third-order valence-corrected chi connectivity index (χ3v) is 6.79. The molecule has 0 saturated heterocycles. The van der Waals surface area contributed by atoms with E-state index in [1.807, 2.05) is 0 Å². The van der Waals surface area contributed by atoms with Gasteiger partial charge >= 0.3 is 16.1 Å². The Labute approximate surface area is 203 Å². The van der Waals surface area contributed by atoms with Crippen molar-refractivity contribution in [2.24, 2.45) is 0 Å². The number of nitrogens with zero attached hydrogens (tertiary/aromatic N) is 1. The molecule has 3 aromatic rings. The Bertz CT molecular complexity index is 1240. The number of hydrogen-bond donors (Lipinski definition) is 5. The molecule has 2 amide bonds. The van der Waals surface area contributed by atoms with Gasteiger partial charge in [0.1, 0.15) is 10.6 Å². The summed E-state index contributed by atoms with van der Waals surface area (Å²) in [6.45, 7) is 0.654.